The first-order valence-corrected chi connectivity index (χ1v) is 7.81. The highest BCUT2D eigenvalue weighted by Gasteiger charge is 2.06. The van der Waals surface area contributed by atoms with Crippen molar-refractivity contribution in [1.29, 1.82) is 0 Å². The van der Waals surface area contributed by atoms with Gasteiger partial charge in [0.1, 0.15) is 0 Å². The number of hydrogen-bond acceptors (Lipinski definition) is 1. The zero-order chi connectivity index (χ0) is 15.8. The van der Waals surface area contributed by atoms with Crippen molar-refractivity contribution in [1.82, 2.24) is 15.2 Å². The molecule has 0 bridgehead atoms. The van der Waals surface area contributed by atoms with E-state index in [1.54, 1.807) is 0 Å². The number of aryl methyl sites for hydroxylation is 1. The second-order valence-corrected chi connectivity index (χ2v) is 5.61. The number of hydrogen-bond donors (Lipinski definition) is 2. The van der Waals surface area contributed by atoms with Gasteiger partial charge in [0.2, 0.25) is 0 Å². The van der Waals surface area contributed by atoms with Crippen molar-refractivity contribution in [2.24, 2.45) is 4.99 Å². The van der Waals surface area contributed by atoms with Crippen LogP contribution in [0.2, 0.25) is 0 Å². The quantitative estimate of drug-likeness (QED) is 0.636. The normalized spacial score (nSPS) is 13.0. The van der Waals surface area contributed by atoms with Crippen LogP contribution in [0.4, 0.5) is 0 Å². The monoisotopic (exact) mass is 298 g/mol. The zero-order valence-corrected chi connectivity index (χ0v) is 13.7. The van der Waals surface area contributed by atoms with Crippen molar-refractivity contribution in [3.05, 3.63) is 59.9 Å². The summed E-state index contributed by atoms with van der Waals surface area (Å²) in [6.45, 7) is 6.99. The molecule has 1 atom stereocenters. The average Bonchev–Trinajstić information content (AvgIpc) is 3.04. The maximum absolute atomic E-state index is 4.27. The molecule has 1 heterocycles. The molecule has 1 aromatic carbocycles. The Bertz CT molecular complexity index is 570. The fourth-order valence-electron chi connectivity index (χ4n) is 2.31. The topological polar surface area (TPSA) is 41.4 Å². The van der Waals surface area contributed by atoms with E-state index in [0.29, 0.717) is 5.92 Å². The van der Waals surface area contributed by atoms with Crippen LogP contribution in [-0.2, 0) is 6.54 Å². The van der Waals surface area contributed by atoms with Gasteiger partial charge in [-0.1, -0.05) is 36.8 Å². The van der Waals surface area contributed by atoms with Crippen LogP contribution in [-0.4, -0.2) is 30.7 Å². The van der Waals surface area contributed by atoms with Gasteiger partial charge in [0.15, 0.2) is 5.96 Å². The van der Waals surface area contributed by atoms with E-state index in [4.69, 9.17) is 0 Å². The van der Waals surface area contributed by atoms with Crippen molar-refractivity contribution in [2.75, 3.05) is 20.1 Å². The number of aliphatic imine (C=N–C) groups is 1. The summed E-state index contributed by atoms with van der Waals surface area (Å²) in [5.41, 5.74) is 2.65. The minimum atomic E-state index is 0.448. The molecule has 0 spiro atoms. The molecule has 2 N–H and O–H groups in total. The lowest BCUT2D eigenvalue weighted by Crippen LogP contribution is -2.40. The fraction of sp³-hybridized carbons (Fsp3) is 0.389. The molecule has 118 valence electrons. The Balaban J connectivity index is 1.74. The van der Waals surface area contributed by atoms with Crippen LogP contribution >= 0.6 is 0 Å². The van der Waals surface area contributed by atoms with Crippen molar-refractivity contribution in [2.45, 2.75) is 26.3 Å². The first-order valence-electron chi connectivity index (χ1n) is 7.81. The lowest BCUT2D eigenvalue weighted by Gasteiger charge is -2.16. The van der Waals surface area contributed by atoms with E-state index >= 15 is 0 Å². The van der Waals surface area contributed by atoms with Gasteiger partial charge in [-0.25, -0.2) is 0 Å². The predicted molar refractivity (Wildman–Crippen MR) is 93.4 cm³/mol. The molecule has 22 heavy (non-hydrogen) atoms. The SMILES string of the molecule is CN=C(NCCn1cccc1)NCC(C)c1ccc(C)cc1. The first-order chi connectivity index (χ1) is 10.7. The van der Waals surface area contributed by atoms with E-state index in [1.165, 1.54) is 11.1 Å². The number of aromatic nitrogens is 1. The molecule has 0 aliphatic rings. The number of guanidine groups is 1. The summed E-state index contributed by atoms with van der Waals surface area (Å²) in [7, 11) is 1.81. The minimum Gasteiger partial charge on any atom is -0.356 e. The smallest absolute Gasteiger partial charge is 0.191 e. The lowest BCUT2D eigenvalue weighted by molar-refractivity contribution is 0.652. The summed E-state index contributed by atoms with van der Waals surface area (Å²) in [5, 5.41) is 6.73. The number of rotatable bonds is 6. The summed E-state index contributed by atoms with van der Waals surface area (Å²) >= 11 is 0. The van der Waals surface area contributed by atoms with Gasteiger partial charge in [0.25, 0.3) is 0 Å². The van der Waals surface area contributed by atoms with Gasteiger partial charge in [-0.05, 0) is 30.5 Å². The van der Waals surface area contributed by atoms with Crippen LogP contribution < -0.4 is 10.6 Å². The Morgan fingerprint density at radius 2 is 1.82 bits per heavy atom. The molecule has 0 saturated carbocycles. The van der Waals surface area contributed by atoms with E-state index in [-0.39, 0.29) is 0 Å². The van der Waals surface area contributed by atoms with Gasteiger partial charge in [-0.2, -0.15) is 0 Å². The summed E-state index contributed by atoms with van der Waals surface area (Å²) in [5.74, 6) is 1.30. The number of nitrogens with one attached hydrogen (secondary N) is 2. The van der Waals surface area contributed by atoms with Crippen LogP contribution in [0, 0.1) is 6.92 Å². The molecule has 0 radical (unpaired) electrons. The molecule has 1 unspecified atom stereocenters. The highest BCUT2D eigenvalue weighted by Crippen LogP contribution is 2.14. The van der Waals surface area contributed by atoms with Gasteiger partial charge in [0.05, 0.1) is 0 Å². The molecule has 4 heteroatoms. The number of benzene rings is 1. The van der Waals surface area contributed by atoms with Crippen molar-refractivity contribution in [3.63, 3.8) is 0 Å². The second-order valence-electron chi connectivity index (χ2n) is 5.61. The van der Waals surface area contributed by atoms with Gasteiger partial charge in [-0.15, -0.1) is 0 Å². The first kappa shape index (κ1) is 16.1. The highest BCUT2D eigenvalue weighted by molar-refractivity contribution is 5.79. The van der Waals surface area contributed by atoms with Gasteiger partial charge >= 0.3 is 0 Å². The van der Waals surface area contributed by atoms with E-state index in [9.17, 15) is 0 Å². The van der Waals surface area contributed by atoms with E-state index in [0.717, 1.165) is 25.6 Å². The minimum absolute atomic E-state index is 0.448. The largest absolute Gasteiger partial charge is 0.356 e. The second kappa shape index (κ2) is 8.27. The van der Waals surface area contributed by atoms with Gasteiger partial charge < -0.3 is 15.2 Å². The fourth-order valence-corrected chi connectivity index (χ4v) is 2.31. The van der Waals surface area contributed by atoms with E-state index < -0.39 is 0 Å². The Morgan fingerprint density at radius 3 is 2.45 bits per heavy atom. The molecular weight excluding hydrogens is 272 g/mol. The average molecular weight is 298 g/mol. The van der Waals surface area contributed by atoms with Crippen LogP contribution in [0.1, 0.15) is 24.0 Å². The molecule has 4 nitrogen and oxygen atoms in total. The predicted octanol–water partition coefficient (Wildman–Crippen LogP) is 2.77. The number of nitrogens with zero attached hydrogens (tertiary/aromatic N) is 2. The lowest BCUT2D eigenvalue weighted by atomic mass is 10.0. The maximum Gasteiger partial charge on any atom is 0.191 e. The third-order valence-electron chi connectivity index (χ3n) is 3.77. The van der Waals surface area contributed by atoms with Crippen molar-refractivity contribution < 1.29 is 0 Å². The van der Waals surface area contributed by atoms with E-state index in [2.05, 4.69) is 70.7 Å². The molecule has 1 aromatic heterocycles. The molecule has 2 aromatic rings. The van der Waals surface area contributed by atoms with Gasteiger partial charge in [-0.3, -0.25) is 4.99 Å². The zero-order valence-electron chi connectivity index (χ0n) is 13.7. The summed E-state index contributed by atoms with van der Waals surface area (Å²) in [6, 6.07) is 12.8. The summed E-state index contributed by atoms with van der Waals surface area (Å²) in [4.78, 5) is 4.27. The van der Waals surface area contributed by atoms with Crippen molar-refractivity contribution >= 4 is 5.96 Å². The molecule has 0 amide bonds. The molecule has 0 aliphatic heterocycles. The van der Waals surface area contributed by atoms with E-state index in [1.807, 2.05) is 19.2 Å². The molecule has 0 fully saturated rings. The van der Waals surface area contributed by atoms with Crippen LogP contribution in [0.3, 0.4) is 0 Å². The van der Waals surface area contributed by atoms with Crippen LogP contribution in [0.25, 0.3) is 0 Å². The van der Waals surface area contributed by atoms with Crippen LogP contribution in [0.5, 0.6) is 0 Å². The Hall–Kier alpha value is -2.23. The molecular formula is C18H26N4. The molecule has 0 aliphatic carbocycles. The Morgan fingerprint density at radius 1 is 1.14 bits per heavy atom. The Kier molecular flexibility index (Phi) is 6.07. The van der Waals surface area contributed by atoms with Crippen LogP contribution in [0.15, 0.2) is 53.8 Å². The third-order valence-corrected chi connectivity index (χ3v) is 3.77. The Labute approximate surface area is 133 Å². The molecule has 0 saturated heterocycles. The summed E-state index contributed by atoms with van der Waals surface area (Å²) < 4.78 is 2.15. The highest BCUT2D eigenvalue weighted by atomic mass is 15.2. The molecule has 2 rings (SSSR count). The van der Waals surface area contributed by atoms with Crippen molar-refractivity contribution in [3.8, 4) is 0 Å². The third kappa shape index (κ3) is 4.95. The summed E-state index contributed by atoms with van der Waals surface area (Å²) in [6.07, 6.45) is 4.13. The maximum atomic E-state index is 4.27. The van der Waals surface area contributed by atoms with Gasteiger partial charge in [0, 0.05) is 39.1 Å². The standard InChI is InChI=1S/C18H26N4/c1-15-6-8-17(9-7-15)16(2)14-21-18(19-3)20-10-13-22-11-4-5-12-22/h4-9,11-12,16H,10,13-14H2,1-3H3,(H2,19,20,21).